The zero-order valence-corrected chi connectivity index (χ0v) is 19.0. The second-order valence-corrected chi connectivity index (χ2v) is 8.52. The molecule has 0 fully saturated rings. The topological polar surface area (TPSA) is 130 Å². The van der Waals surface area contributed by atoms with Gasteiger partial charge in [0, 0.05) is 13.5 Å². The first-order valence-corrected chi connectivity index (χ1v) is 10.9. The summed E-state index contributed by atoms with van der Waals surface area (Å²) in [4.78, 5) is 28.1. The third-order valence-corrected chi connectivity index (χ3v) is 6.37. The van der Waals surface area contributed by atoms with Crippen LogP contribution in [-0.2, 0) is 17.6 Å². The number of hydrogen-bond donors (Lipinski definition) is 5. The fourth-order valence-corrected chi connectivity index (χ4v) is 4.58. The van der Waals surface area contributed by atoms with Gasteiger partial charge >= 0.3 is 0 Å². The van der Waals surface area contributed by atoms with E-state index in [4.69, 9.17) is 11.6 Å². The van der Waals surface area contributed by atoms with Gasteiger partial charge in [0.05, 0.1) is 16.6 Å². The number of nitrogens with one attached hydrogen (secondary N) is 1. The molecule has 0 spiro atoms. The molecule has 3 aromatic carbocycles. The molecule has 0 radical (unpaired) electrons. The van der Waals surface area contributed by atoms with E-state index >= 15 is 0 Å². The Morgan fingerprint density at radius 2 is 1.65 bits per heavy atom. The second-order valence-electron chi connectivity index (χ2n) is 8.11. The number of nitrogens with zero attached hydrogens (tertiary/aromatic N) is 1. The van der Waals surface area contributed by atoms with E-state index in [2.05, 4.69) is 5.32 Å². The first kappa shape index (κ1) is 23.3. The van der Waals surface area contributed by atoms with Crippen LogP contribution in [0.5, 0.6) is 23.0 Å². The quantitative estimate of drug-likeness (QED) is 0.363. The SMILES string of the molecule is CNC(=O)[C@@H]1Cc2cc(O)c(O)cc2[C@H](Cc2ccc(O)c(O)c2)N1C(=O)c1ccccc1Cl. The first-order valence-electron chi connectivity index (χ1n) is 10.6. The Morgan fingerprint density at radius 3 is 2.32 bits per heavy atom. The van der Waals surface area contributed by atoms with Gasteiger partial charge in [-0.2, -0.15) is 0 Å². The van der Waals surface area contributed by atoms with E-state index in [1.165, 1.54) is 36.2 Å². The molecule has 2 atom stereocenters. The van der Waals surface area contributed by atoms with Gasteiger partial charge in [0.1, 0.15) is 6.04 Å². The summed E-state index contributed by atoms with van der Waals surface area (Å²) in [6.07, 6.45) is 0.255. The number of phenols is 4. The predicted molar refractivity (Wildman–Crippen MR) is 125 cm³/mol. The Kier molecular flexibility index (Phi) is 6.26. The number of halogens is 1. The fraction of sp³-hybridized carbons (Fsp3) is 0.200. The van der Waals surface area contributed by atoms with E-state index in [-0.39, 0.29) is 46.4 Å². The molecule has 3 aromatic rings. The number of phenolic OH excluding ortho intramolecular Hbond substituents is 4. The minimum absolute atomic E-state index is 0.108. The molecule has 0 aliphatic carbocycles. The smallest absolute Gasteiger partial charge is 0.256 e. The molecule has 0 saturated heterocycles. The summed E-state index contributed by atoms with van der Waals surface area (Å²) in [5.41, 5.74) is 1.93. The summed E-state index contributed by atoms with van der Waals surface area (Å²) < 4.78 is 0. The maximum absolute atomic E-state index is 13.8. The molecule has 8 nitrogen and oxygen atoms in total. The van der Waals surface area contributed by atoms with Gasteiger partial charge < -0.3 is 30.6 Å². The van der Waals surface area contributed by atoms with Crippen molar-refractivity contribution in [1.82, 2.24) is 10.2 Å². The lowest BCUT2D eigenvalue weighted by atomic mass is 9.83. The molecule has 176 valence electrons. The highest BCUT2D eigenvalue weighted by Gasteiger charge is 2.42. The molecule has 34 heavy (non-hydrogen) atoms. The summed E-state index contributed by atoms with van der Waals surface area (Å²) in [5, 5.41) is 42.8. The van der Waals surface area contributed by atoms with Crippen molar-refractivity contribution in [3.05, 3.63) is 81.9 Å². The van der Waals surface area contributed by atoms with Gasteiger partial charge in [-0.25, -0.2) is 0 Å². The molecular formula is C25H23ClN2O6. The highest BCUT2D eigenvalue weighted by atomic mass is 35.5. The van der Waals surface area contributed by atoms with Crippen LogP contribution in [-0.4, -0.2) is 50.2 Å². The number of likely N-dealkylation sites (N-methyl/N-ethyl adjacent to an activating group) is 1. The molecule has 0 unspecified atom stereocenters. The van der Waals surface area contributed by atoms with Crippen molar-refractivity contribution in [3.63, 3.8) is 0 Å². The maximum atomic E-state index is 13.8. The largest absolute Gasteiger partial charge is 0.504 e. The molecule has 5 N–H and O–H groups in total. The van der Waals surface area contributed by atoms with Crippen LogP contribution in [0.15, 0.2) is 54.6 Å². The van der Waals surface area contributed by atoms with Crippen LogP contribution in [0, 0.1) is 0 Å². The zero-order valence-electron chi connectivity index (χ0n) is 18.2. The summed E-state index contributed by atoms with van der Waals surface area (Å²) in [6.45, 7) is 0. The summed E-state index contributed by atoms with van der Waals surface area (Å²) >= 11 is 6.31. The highest BCUT2D eigenvalue weighted by Crippen LogP contribution is 2.42. The van der Waals surface area contributed by atoms with E-state index in [0.29, 0.717) is 16.7 Å². The van der Waals surface area contributed by atoms with Crippen molar-refractivity contribution in [3.8, 4) is 23.0 Å². The average molecular weight is 483 g/mol. The van der Waals surface area contributed by atoms with Gasteiger partial charge in [-0.3, -0.25) is 9.59 Å². The molecule has 4 rings (SSSR count). The zero-order chi connectivity index (χ0) is 24.6. The lowest BCUT2D eigenvalue weighted by Crippen LogP contribution is -2.54. The van der Waals surface area contributed by atoms with Crippen molar-refractivity contribution < 1.29 is 30.0 Å². The summed E-state index contributed by atoms with van der Waals surface area (Å²) in [5.74, 6) is -2.19. The van der Waals surface area contributed by atoms with Crippen LogP contribution in [0.1, 0.15) is 33.1 Å². The Balaban J connectivity index is 1.90. The monoisotopic (exact) mass is 482 g/mol. The van der Waals surface area contributed by atoms with Crippen LogP contribution in [0.2, 0.25) is 5.02 Å². The predicted octanol–water partition coefficient (Wildman–Crippen LogP) is 3.26. The van der Waals surface area contributed by atoms with Crippen molar-refractivity contribution in [1.29, 1.82) is 0 Å². The van der Waals surface area contributed by atoms with Crippen LogP contribution in [0.3, 0.4) is 0 Å². The highest BCUT2D eigenvalue weighted by molar-refractivity contribution is 6.33. The van der Waals surface area contributed by atoms with Crippen LogP contribution < -0.4 is 5.32 Å². The van der Waals surface area contributed by atoms with Crippen LogP contribution in [0.4, 0.5) is 0 Å². The molecule has 0 aromatic heterocycles. The molecule has 1 heterocycles. The van der Waals surface area contributed by atoms with E-state index < -0.39 is 23.9 Å². The van der Waals surface area contributed by atoms with Gasteiger partial charge in [-0.15, -0.1) is 0 Å². The Morgan fingerprint density at radius 1 is 0.971 bits per heavy atom. The molecule has 1 aliphatic rings. The van der Waals surface area contributed by atoms with E-state index in [1.807, 2.05) is 0 Å². The normalized spacial score (nSPS) is 17.2. The number of hydrogen-bond acceptors (Lipinski definition) is 6. The Bertz CT molecular complexity index is 1280. The number of rotatable bonds is 4. The fourth-order valence-electron chi connectivity index (χ4n) is 4.37. The number of aromatic hydroxyl groups is 4. The minimum atomic E-state index is -0.930. The van der Waals surface area contributed by atoms with Gasteiger partial charge in [0.2, 0.25) is 5.91 Å². The standard InChI is InChI=1S/C25H23ClN2O6/c1-27-24(33)19-10-14-11-22(31)23(32)12-16(14)18(8-13-6-7-20(29)21(30)9-13)28(19)25(34)15-4-2-3-5-17(15)26/h2-7,9,11-12,18-19,29-32H,8,10H2,1H3,(H,27,33)/t18-,19-/m0/s1. The number of amides is 2. The molecule has 2 amide bonds. The number of carbonyl (C=O) groups excluding carboxylic acids is 2. The van der Waals surface area contributed by atoms with E-state index in [1.54, 1.807) is 30.3 Å². The van der Waals surface area contributed by atoms with Gasteiger partial charge in [0.25, 0.3) is 5.91 Å². The molecule has 1 aliphatic heterocycles. The van der Waals surface area contributed by atoms with Gasteiger partial charge in [-0.05, 0) is 59.5 Å². The second kappa shape index (κ2) is 9.15. The van der Waals surface area contributed by atoms with Crippen molar-refractivity contribution in [2.45, 2.75) is 24.9 Å². The molecular weight excluding hydrogens is 460 g/mol. The summed E-state index contributed by atoms with van der Waals surface area (Å²) in [6, 6.07) is 11.9. The van der Waals surface area contributed by atoms with Crippen molar-refractivity contribution in [2.75, 3.05) is 7.05 Å². The third-order valence-electron chi connectivity index (χ3n) is 6.04. The number of carbonyl (C=O) groups is 2. The molecule has 0 saturated carbocycles. The van der Waals surface area contributed by atoms with E-state index in [0.717, 1.165) is 0 Å². The molecule has 0 bridgehead atoms. The van der Waals surface area contributed by atoms with Crippen molar-refractivity contribution in [2.24, 2.45) is 0 Å². The average Bonchev–Trinajstić information content (AvgIpc) is 2.81. The van der Waals surface area contributed by atoms with Gasteiger partial charge in [-0.1, -0.05) is 29.8 Å². The molecule has 9 heteroatoms. The Labute approximate surface area is 200 Å². The maximum Gasteiger partial charge on any atom is 0.256 e. The lowest BCUT2D eigenvalue weighted by Gasteiger charge is -2.43. The summed E-state index contributed by atoms with van der Waals surface area (Å²) in [7, 11) is 1.47. The Hall–Kier alpha value is -3.91. The lowest BCUT2D eigenvalue weighted by molar-refractivity contribution is -0.126. The van der Waals surface area contributed by atoms with E-state index in [9.17, 15) is 30.0 Å². The number of fused-ring (bicyclic) bond motifs is 1. The third kappa shape index (κ3) is 4.20. The van der Waals surface area contributed by atoms with Gasteiger partial charge in [0.15, 0.2) is 23.0 Å². The number of benzene rings is 3. The van der Waals surface area contributed by atoms with Crippen LogP contribution in [0.25, 0.3) is 0 Å². The van der Waals surface area contributed by atoms with Crippen LogP contribution >= 0.6 is 11.6 Å². The minimum Gasteiger partial charge on any atom is -0.504 e. The van der Waals surface area contributed by atoms with Crippen molar-refractivity contribution >= 4 is 23.4 Å². The first-order chi connectivity index (χ1) is 16.2.